The Morgan fingerprint density at radius 1 is 1.69 bits per heavy atom. The van der Waals surface area contributed by atoms with Gasteiger partial charge in [-0.15, -0.1) is 0 Å². The molecule has 7 heteroatoms. The highest BCUT2D eigenvalue weighted by atomic mass is 16.6. The third kappa shape index (κ3) is 2.78. The van der Waals surface area contributed by atoms with Gasteiger partial charge in [0, 0.05) is 0 Å². The SMILES string of the molecule is Cc1ncn(CC(=O)OC(C)C)c1[N+](=O)[O-]. The van der Waals surface area contributed by atoms with E-state index in [1.54, 1.807) is 13.8 Å². The van der Waals surface area contributed by atoms with E-state index in [0.29, 0.717) is 0 Å². The highest BCUT2D eigenvalue weighted by Crippen LogP contribution is 2.15. The van der Waals surface area contributed by atoms with Crippen LogP contribution in [0.4, 0.5) is 5.82 Å². The third-order valence-corrected chi connectivity index (χ3v) is 1.83. The summed E-state index contributed by atoms with van der Waals surface area (Å²) in [6.07, 6.45) is 1.02. The van der Waals surface area contributed by atoms with E-state index in [1.807, 2.05) is 0 Å². The van der Waals surface area contributed by atoms with Crippen molar-refractivity contribution < 1.29 is 14.5 Å². The summed E-state index contributed by atoms with van der Waals surface area (Å²) in [5.74, 6) is -0.698. The number of imidazole rings is 1. The van der Waals surface area contributed by atoms with E-state index in [4.69, 9.17) is 4.74 Å². The second-order valence-electron chi connectivity index (χ2n) is 3.58. The molecule has 0 N–H and O–H groups in total. The van der Waals surface area contributed by atoms with Gasteiger partial charge in [-0.05, 0) is 25.7 Å². The molecule has 16 heavy (non-hydrogen) atoms. The van der Waals surface area contributed by atoms with Gasteiger partial charge in [-0.2, -0.15) is 0 Å². The fraction of sp³-hybridized carbons (Fsp3) is 0.556. The number of carbonyl (C=O) groups excluding carboxylic acids is 1. The van der Waals surface area contributed by atoms with Crippen molar-refractivity contribution in [2.45, 2.75) is 33.4 Å². The molecule has 0 radical (unpaired) electrons. The zero-order valence-electron chi connectivity index (χ0n) is 9.34. The van der Waals surface area contributed by atoms with Crippen LogP contribution in [-0.4, -0.2) is 26.5 Å². The van der Waals surface area contributed by atoms with Crippen LogP contribution in [0.2, 0.25) is 0 Å². The molecule has 1 aromatic rings. The number of ether oxygens (including phenoxy) is 1. The smallest absolute Gasteiger partial charge is 0.348 e. The van der Waals surface area contributed by atoms with E-state index in [1.165, 1.54) is 17.8 Å². The van der Waals surface area contributed by atoms with E-state index in [9.17, 15) is 14.9 Å². The monoisotopic (exact) mass is 227 g/mol. The van der Waals surface area contributed by atoms with E-state index >= 15 is 0 Å². The number of aromatic nitrogens is 2. The van der Waals surface area contributed by atoms with Gasteiger partial charge in [0.05, 0.1) is 6.10 Å². The highest BCUT2D eigenvalue weighted by Gasteiger charge is 2.21. The van der Waals surface area contributed by atoms with Gasteiger partial charge in [-0.25, -0.2) is 14.3 Å². The molecule has 0 atom stereocenters. The molecule has 0 unspecified atom stereocenters. The lowest BCUT2D eigenvalue weighted by molar-refractivity contribution is -0.392. The van der Waals surface area contributed by atoms with Crippen LogP contribution in [0.1, 0.15) is 19.5 Å². The van der Waals surface area contributed by atoms with E-state index in [0.717, 1.165) is 0 Å². The van der Waals surface area contributed by atoms with Crippen molar-refractivity contribution in [1.82, 2.24) is 9.55 Å². The lowest BCUT2D eigenvalue weighted by Gasteiger charge is -2.06. The minimum Gasteiger partial charge on any atom is -0.460 e. The Morgan fingerprint density at radius 3 is 2.81 bits per heavy atom. The summed E-state index contributed by atoms with van der Waals surface area (Å²) in [5.41, 5.74) is 0.280. The van der Waals surface area contributed by atoms with Crippen LogP contribution in [0.3, 0.4) is 0 Å². The van der Waals surface area contributed by atoms with Gasteiger partial charge in [-0.3, -0.25) is 0 Å². The van der Waals surface area contributed by atoms with Crippen molar-refractivity contribution in [3.8, 4) is 0 Å². The van der Waals surface area contributed by atoms with Gasteiger partial charge >= 0.3 is 11.8 Å². The second kappa shape index (κ2) is 4.73. The van der Waals surface area contributed by atoms with Crippen molar-refractivity contribution in [1.29, 1.82) is 0 Å². The summed E-state index contributed by atoms with van der Waals surface area (Å²) < 4.78 is 6.05. The van der Waals surface area contributed by atoms with Crippen molar-refractivity contribution in [2.24, 2.45) is 0 Å². The molecule has 7 nitrogen and oxygen atoms in total. The Hall–Kier alpha value is -1.92. The van der Waals surface area contributed by atoms with Crippen LogP contribution in [0, 0.1) is 17.0 Å². The first-order valence-corrected chi connectivity index (χ1v) is 4.77. The molecule has 1 rings (SSSR count). The summed E-state index contributed by atoms with van der Waals surface area (Å²) in [6, 6.07) is 0. The normalized spacial score (nSPS) is 10.5. The minimum absolute atomic E-state index is 0.180. The van der Waals surface area contributed by atoms with Crippen LogP contribution in [0.5, 0.6) is 0 Å². The average Bonchev–Trinajstić information content (AvgIpc) is 2.45. The molecule has 0 aliphatic rings. The number of esters is 1. The molecule has 0 saturated carbocycles. The maximum atomic E-state index is 11.3. The quantitative estimate of drug-likeness (QED) is 0.436. The van der Waals surface area contributed by atoms with E-state index in [-0.39, 0.29) is 24.2 Å². The number of aryl methyl sites for hydroxylation is 1. The third-order valence-electron chi connectivity index (χ3n) is 1.83. The predicted octanol–water partition coefficient (Wildman–Crippen LogP) is 1.05. The number of nitrogens with zero attached hydrogens (tertiary/aromatic N) is 3. The minimum atomic E-state index is -0.564. The molecule has 88 valence electrons. The number of carbonyl (C=O) groups is 1. The van der Waals surface area contributed by atoms with Gasteiger partial charge in [0.25, 0.3) is 0 Å². The standard InChI is InChI=1S/C9H13N3O4/c1-6(2)16-8(13)4-11-5-10-7(3)9(11)12(14)15/h5-6H,4H2,1-3H3. The first-order chi connectivity index (χ1) is 7.41. The first-order valence-electron chi connectivity index (χ1n) is 4.77. The molecule has 0 spiro atoms. The van der Waals surface area contributed by atoms with Crippen molar-refractivity contribution in [2.75, 3.05) is 0 Å². The Balaban J connectivity index is 2.82. The Labute approximate surface area is 92.2 Å². The average molecular weight is 227 g/mol. The molecule has 0 bridgehead atoms. The largest absolute Gasteiger partial charge is 0.460 e. The van der Waals surface area contributed by atoms with Crippen LogP contribution in [0.15, 0.2) is 6.33 Å². The van der Waals surface area contributed by atoms with Gasteiger partial charge in [-0.1, -0.05) is 0 Å². The highest BCUT2D eigenvalue weighted by molar-refractivity contribution is 5.69. The van der Waals surface area contributed by atoms with Gasteiger partial charge in [0.15, 0.2) is 12.9 Å². The molecular weight excluding hydrogens is 214 g/mol. The van der Waals surface area contributed by atoms with Crippen molar-refractivity contribution in [3.63, 3.8) is 0 Å². The Kier molecular flexibility index (Phi) is 3.60. The van der Waals surface area contributed by atoms with Crippen LogP contribution >= 0.6 is 0 Å². The lowest BCUT2D eigenvalue weighted by atomic mass is 10.4. The van der Waals surface area contributed by atoms with Crippen LogP contribution in [0.25, 0.3) is 0 Å². The fourth-order valence-corrected chi connectivity index (χ4v) is 1.27. The molecule has 0 fully saturated rings. The number of rotatable bonds is 4. The molecule has 0 aliphatic carbocycles. The molecule has 0 saturated heterocycles. The summed E-state index contributed by atoms with van der Waals surface area (Å²) >= 11 is 0. The zero-order chi connectivity index (χ0) is 12.3. The summed E-state index contributed by atoms with van der Waals surface area (Å²) in [7, 11) is 0. The Morgan fingerprint density at radius 2 is 2.31 bits per heavy atom. The zero-order valence-corrected chi connectivity index (χ0v) is 9.34. The topological polar surface area (TPSA) is 87.3 Å². The number of hydrogen-bond acceptors (Lipinski definition) is 5. The summed E-state index contributed by atoms with van der Waals surface area (Å²) in [4.78, 5) is 25.2. The number of hydrogen-bond donors (Lipinski definition) is 0. The second-order valence-corrected chi connectivity index (χ2v) is 3.58. The number of nitro groups is 1. The first kappa shape index (κ1) is 12.2. The maximum Gasteiger partial charge on any atom is 0.348 e. The van der Waals surface area contributed by atoms with E-state index < -0.39 is 10.9 Å². The maximum absolute atomic E-state index is 11.3. The summed E-state index contributed by atoms with van der Waals surface area (Å²) in [6.45, 7) is 4.74. The van der Waals surface area contributed by atoms with Crippen molar-refractivity contribution in [3.05, 3.63) is 22.1 Å². The molecular formula is C9H13N3O4. The molecule has 1 aromatic heterocycles. The molecule has 0 amide bonds. The predicted molar refractivity (Wildman–Crippen MR) is 54.8 cm³/mol. The summed E-state index contributed by atoms with van der Waals surface area (Å²) in [5, 5.41) is 10.7. The Bertz CT molecular complexity index is 411. The van der Waals surface area contributed by atoms with Crippen LogP contribution in [-0.2, 0) is 16.1 Å². The van der Waals surface area contributed by atoms with E-state index in [2.05, 4.69) is 4.98 Å². The molecule has 0 aliphatic heterocycles. The van der Waals surface area contributed by atoms with Crippen molar-refractivity contribution >= 4 is 11.8 Å². The fourth-order valence-electron chi connectivity index (χ4n) is 1.27. The van der Waals surface area contributed by atoms with Gasteiger partial charge < -0.3 is 14.9 Å². The van der Waals surface area contributed by atoms with Gasteiger partial charge in [0.2, 0.25) is 0 Å². The lowest BCUT2D eigenvalue weighted by Crippen LogP contribution is -2.18. The molecule has 0 aromatic carbocycles. The molecule has 1 heterocycles. The van der Waals surface area contributed by atoms with Gasteiger partial charge in [0.1, 0.15) is 5.69 Å². The van der Waals surface area contributed by atoms with Crippen LogP contribution < -0.4 is 0 Å².